The third-order valence-corrected chi connectivity index (χ3v) is 7.15. The van der Waals surface area contributed by atoms with Crippen LogP contribution >= 0.6 is 0 Å². The van der Waals surface area contributed by atoms with Gasteiger partial charge in [-0.1, -0.05) is 36.4 Å². The van der Waals surface area contributed by atoms with Gasteiger partial charge in [-0.2, -0.15) is 0 Å². The number of nitrogens with two attached hydrogens (primary N) is 1. The number of fused-ring (bicyclic) bond motifs is 1. The van der Waals surface area contributed by atoms with E-state index >= 15 is 0 Å². The van der Waals surface area contributed by atoms with E-state index in [0.29, 0.717) is 25.5 Å². The zero-order chi connectivity index (χ0) is 25.5. The first-order valence-corrected chi connectivity index (χ1v) is 13.2. The molecule has 1 saturated heterocycles. The van der Waals surface area contributed by atoms with E-state index in [4.69, 9.17) is 20.2 Å². The van der Waals surface area contributed by atoms with E-state index in [1.807, 2.05) is 24.4 Å². The molecule has 0 spiro atoms. The highest BCUT2D eigenvalue weighted by atomic mass is 16.6. The van der Waals surface area contributed by atoms with Gasteiger partial charge in [-0.3, -0.25) is 9.98 Å². The molecule has 194 valence electrons. The molecule has 0 radical (unpaired) electrons. The maximum atomic E-state index is 10.1. The first kappa shape index (κ1) is 25.2. The number of hydrogen-bond acceptors (Lipinski definition) is 6. The number of aliphatic imine (C=N–C) groups is 1. The summed E-state index contributed by atoms with van der Waals surface area (Å²) >= 11 is 0. The Kier molecular flexibility index (Phi) is 8.33. The Morgan fingerprint density at radius 2 is 1.70 bits per heavy atom. The van der Waals surface area contributed by atoms with Crippen molar-refractivity contribution in [3.05, 3.63) is 78.1 Å². The minimum absolute atomic E-state index is 0.0501. The number of nitrogens with zero attached hydrogens (tertiary/aromatic N) is 3. The minimum atomic E-state index is -0.286. The number of aliphatic hydroxyl groups excluding tert-OH is 1. The lowest BCUT2D eigenvalue weighted by Crippen LogP contribution is -2.37. The van der Waals surface area contributed by atoms with Crippen molar-refractivity contribution in [2.75, 3.05) is 39.5 Å². The normalized spacial score (nSPS) is 17.5. The maximum absolute atomic E-state index is 10.1. The summed E-state index contributed by atoms with van der Waals surface area (Å²) in [6.07, 6.45) is 7.48. The number of likely N-dealkylation sites (tertiary alicyclic amines) is 1. The summed E-state index contributed by atoms with van der Waals surface area (Å²) in [4.78, 5) is 11.5. The molecule has 3 aromatic rings. The molecule has 3 heterocycles. The minimum Gasteiger partial charge on any atom is -0.486 e. The average molecular weight is 501 g/mol. The highest BCUT2D eigenvalue weighted by Crippen LogP contribution is 2.31. The number of amidine groups is 1. The molecule has 3 N–H and O–H groups in total. The van der Waals surface area contributed by atoms with Crippen LogP contribution in [0.3, 0.4) is 0 Å². The average Bonchev–Trinajstić information content (AvgIpc) is 3.46. The SMILES string of the molecule is NC(=NC(CO)Cc1ccc(-c2cccnc2)cc1)[C@@H](Cc1ccc2c(c1)OCCO2)CN1CCCC1. The molecule has 0 bridgehead atoms. The van der Waals surface area contributed by atoms with E-state index in [1.54, 1.807) is 6.20 Å². The van der Waals surface area contributed by atoms with Gasteiger partial charge in [0.15, 0.2) is 11.5 Å². The van der Waals surface area contributed by atoms with Gasteiger partial charge in [-0.05, 0) is 79.2 Å². The number of aliphatic hydroxyl groups is 1. The maximum Gasteiger partial charge on any atom is 0.161 e. The van der Waals surface area contributed by atoms with Crippen molar-refractivity contribution in [2.45, 2.75) is 31.7 Å². The lowest BCUT2D eigenvalue weighted by Gasteiger charge is -2.25. The standard InChI is InChI=1S/C30H36N4O3/c31-30(33-27(21-35)17-22-5-8-24(9-6-22)25-4-3-11-32-19-25)26(20-34-12-1-2-13-34)16-23-7-10-28-29(18-23)37-15-14-36-28/h3-11,18-19,26-27,35H,1-2,12-17,20-21H2,(H2,31,33)/t26-,27?/m0/s1. The Bertz CT molecular complexity index is 1180. The monoisotopic (exact) mass is 500 g/mol. The second-order valence-electron chi connectivity index (χ2n) is 9.92. The van der Waals surface area contributed by atoms with Crippen LogP contribution in [0.2, 0.25) is 0 Å². The van der Waals surface area contributed by atoms with Gasteiger partial charge in [0.25, 0.3) is 0 Å². The topological polar surface area (TPSA) is 93.2 Å². The van der Waals surface area contributed by atoms with E-state index in [9.17, 15) is 5.11 Å². The zero-order valence-electron chi connectivity index (χ0n) is 21.3. The summed E-state index contributed by atoms with van der Waals surface area (Å²) < 4.78 is 11.5. The second kappa shape index (κ2) is 12.2. The molecular weight excluding hydrogens is 464 g/mol. The number of rotatable bonds is 10. The van der Waals surface area contributed by atoms with Gasteiger partial charge in [0.1, 0.15) is 13.2 Å². The molecule has 2 atom stereocenters. The quantitative estimate of drug-likeness (QED) is 0.326. The van der Waals surface area contributed by atoms with Crippen LogP contribution in [0.1, 0.15) is 24.0 Å². The van der Waals surface area contributed by atoms with Gasteiger partial charge in [0, 0.05) is 24.9 Å². The Morgan fingerprint density at radius 1 is 0.946 bits per heavy atom. The van der Waals surface area contributed by atoms with Crippen molar-refractivity contribution in [1.29, 1.82) is 0 Å². The van der Waals surface area contributed by atoms with Gasteiger partial charge in [-0.15, -0.1) is 0 Å². The predicted molar refractivity (Wildman–Crippen MR) is 146 cm³/mol. The number of hydrogen-bond donors (Lipinski definition) is 2. The molecule has 7 nitrogen and oxygen atoms in total. The number of pyridine rings is 1. The smallest absolute Gasteiger partial charge is 0.161 e. The van der Waals surface area contributed by atoms with Gasteiger partial charge in [0.2, 0.25) is 0 Å². The second-order valence-corrected chi connectivity index (χ2v) is 9.92. The van der Waals surface area contributed by atoms with E-state index in [-0.39, 0.29) is 18.6 Å². The van der Waals surface area contributed by atoms with Gasteiger partial charge in [-0.25, -0.2) is 0 Å². The zero-order valence-corrected chi connectivity index (χ0v) is 21.3. The summed E-state index contributed by atoms with van der Waals surface area (Å²) in [6, 6.07) is 18.2. The van der Waals surface area contributed by atoms with Gasteiger partial charge in [0.05, 0.1) is 18.5 Å². The molecule has 37 heavy (non-hydrogen) atoms. The first-order valence-electron chi connectivity index (χ1n) is 13.2. The molecule has 0 amide bonds. The third-order valence-electron chi connectivity index (χ3n) is 7.15. The summed E-state index contributed by atoms with van der Waals surface area (Å²) in [5.74, 6) is 2.25. The number of aromatic nitrogens is 1. The van der Waals surface area contributed by atoms with E-state index < -0.39 is 0 Å². The molecule has 2 aliphatic heterocycles. The number of benzene rings is 2. The molecule has 0 aliphatic carbocycles. The van der Waals surface area contributed by atoms with Crippen LogP contribution in [0.5, 0.6) is 11.5 Å². The Labute approximate surface area is 219 Å². The van der Waals surface area contributed by atoms with Crippen molar-refractivity contribution in [3.63, 3.8) is 0 Å². The highest BCUT2D eigenvalue weighted by Gasteiger charge is 2.23. The van der Waals surface area contributed by atoms with E-state index in [2.05, 4.69) is 46.3 Å². The first-order chi connectivity index (χ1) is 18.2. The number of ether oxygens (including phenoxy) is 2. The van der Waals surface area contributed by atoms with Crippen LogP contribution in [0, 0.1) is 5.92 Å². The predicted octanol–water partition coefficient (Wildman–Crippen LogP) is 3.74. The third kappa shape index (κ3) is 6.67. The Hall–Kier alpha value is -3.42. The summed E-state index contributed by atoms with van der Waals surface area (Å²) in [7, 11) is 0. The molecule has 1 aromatic heterocycles. The van der Waals surface area contributed by atoms with E-state index in [0.717, 1.165) is 59.8 Å². The van der Waals surface area contributed by atoms with Crippen LogP contribution in [-0.2, 0) is 12.8 Å². The van der Waals surface area contributed by atoms with Gasteiger partial charge >= 0.3 is 0 Å². The summed E-state index contributed by atoms with van der Waals surface area (Å²) in [6.45, 7) is 4.15. The fraction of sp³-hybridized carbons (Fsp3) is 0.400. The molecular formula is C30H36N4O3. The van der Waals surface area contributed by atoms with Crippen LogP contribution in [0.25, 0.3) is 11.1 Å². The molecule has 2 aliphatic rings. The largest absolute Gasteiger partial charge is 0.486 e. The van der Waals surface area contributed by atoms with Crippen LogP contribution in [-0.4, -0.2) is 66.3 Å². The van der Waals surface area contributed by atoms with Crippen LogP contribution < -0.4 is 15.2 Å². The van der Waals surface area contributed by atoms with Crippen molar-refractivity contribution in [1.82, 2.24) is 9.88 Å². The fourth-order valence-electron chi connectivity index (χ4n) is 5.14. The molecule has 7 heteroatoms. The van der Waals surface area contributed by atoms with Crippen molar-refractivity contribution in [3.8, 4) is 22.6 Å². The molecule has 1 unspecified atom stereocenters. The van der Waals surface area contributed by atoms with Crippen molar-refractivity contribution < 1.29 is 14.6 Å². The lowest BCUT2D eigenvalue weighted by molar-refractivity contribution is 0.171. The van der Waals surface area contributed by atoms with Gasteiger partial charge < -0.3 is 25.2 Å². The van der Waals surface area contributed by atoms with Crippen molar-refractivity contribution >= 4 is 5.84 Å². The lowest BCUT2D eigenvalue weighted by atomic mass is 9.96. The molecule has 5 rings (SSSR count). The summed E-state index contributed by atoms with van der Waals surface area (Å²) in [5.41, 5.74) is 11.1. The molecule has 2 aromatic carbocycles. The molecule has 0 saturated carbocycles. The Balaban J connectivity index is 1.30. The highest BCUT2D eigenvalue weighted by molar-refractivity contribution is 5.83. The molecule has 1 fully saturated rings. The Morgan fingerprint density at radius 3 is 2.43 bits per heavy atom. The summed E-state index contributed by atoms with van der Waals surface area (Å²) in [5, 5.41) is 10.1. The van der Waals surface area contributed by atoms with Crippen molar-refractivity contribution in [2.24, 2.45) is 16.6 Å². The van der Waals surface area contributed by atoms with E-state index in [1.165, 1.54) is 12.8 Å². The van der Waals surface area contributed by atoms with Crippen LogP contribution in [0.15, 0.2) is 72.0 Å². The fourth-order valence-corrected chi connectivity index (χ4v) is 5.14. The van der Waals surface area contributed by atoms with Crippen LogP contribution in [0.4, 0.5) is 0 Å².